The molecule has 0 aromatic heterocycles. The lowest BCUT2D eigenvalue weighted by Crippen LogP contribution is -2.10. The van der Waals surface area contributed by atoms with E-state index >= 15 is 0 Å². The third-order valence-corrected chi connectivity index (χ3v) is 1.72. The molecule has 0 heterocycles. The zero-order valence-electron chi connectivity index (χ0n) is 6.83. The van der Waals surface area contributed by atoms with Crippen LogP contribution in [0.25, 0.3) is 0 Å². The molecular weight excluding hydrogens is 148 g/mol. The molecule has 0 aromatic rings. The SMILES string of the molecule is CCC(C)CC(C)OOS. The summed E-state index contributed by atoms with van der Waals surface area (Å²) in [5, 5.41) is 0. The van der Waals surface area contributed by atoms with Gasteiger partial charge in [0, 0.05) is 12.9 Å². The zero-order chi connectivity index (χ0) is 7.98. The largest absolute Gasteiger partial charge is 0.222 e. The van der Waals surface area contributed by atoms with E-state index in [4.69, 9.17) is 4.89 Å². The van der Waals surface area contributed by atoms with Gasteiger partial charge in [0.1, 0.15) is 0 Å². The van der Waals surface area contributed by atoms with Gasteiger partial charge in [-0.25, -0.2) is 4.89 Å². The summed E-state index contributed by atoms with van der Waals surface area (Å²) < 4.78 is 4.24. The predicted molar refractivity (Wildman–Crippen MR) is 44.7 cm³/mol. The molecule has 0 bridgehead atoms. The Morgan fingerprint density at radius 1 is 1.40 bits per heavy atom. The van der Waals surface area contributed by atoms with Crippen molar-refractivity contribution in [1.29, 1.82) is 0 Å². The minimum Gasteiger partial charge on any atom is -0.222 e. The van der Waals surface area contributed by atoms with Crippen molar-refractivity contribution in [1.82, 2.24) is 0 Å². The van der Waals surface area contributed by atoms with E-state index in [9.17, 15) is 0 Å². The van der Waals surface area contributed by atoms with Crippen molar-refractivity contribution in [2.75, 3.05) is 0 Å². The molecule has 0 aliphatic heterocycles. The van der Waals surface area contributed by atoms with Crippen molar-refractivity contribution in [2.45, 2.75) is 39.7 Å². The van der Waals surface area contributed by atoms with E-state index in [-0.39, 0.29) is 6.10 Å². The first-order valence-electron chi connectivity index (χ1n) is 3.67. The zero-order valence-corrected chi connectivity index (χ0v) is 7.73. The minimum atomic E-state index is 0.146. The van der Waals surface area contributed by atoms with Gasteiger partial charge in [-0.15, -0.1) is 0 Å². The Balaban J connectivity index is 3.27. The van der Waals surface area contributed by atoms with E-state index in [0.717, 1.165) is 6.42 Å². The van der Waals surface area contributed by atoms with Gasteiger partial charge in [-0.1, -0.05) is 20.3 Å². The Kier molecular flexibility index (Phi) is 6.17. The second-order valence-electron chi connectivity index (χ2n) is 2.73. The highest BCUT2D eigenvalue weighted by atomic mass is 32.1. The van der Waals surface area contributed by atoms with E-state index in [1.807, 2.05) is 6.92 Å². The van der Waals surface area contributed by atoms with Gasteiger partial charge in [0.2, 0.25) is 0 Å². The lowest BCUT2D eigenvalue weighted by molar-refractivity contribution is -0.227. The summed E-state index contributed by atoms with van der Waals surface area (Å²) in [4.78, 5) is 4.78. The van der Waals surface area contributed by atoms with Crippen LogP contribution in [0.2, 0.25) is 0 Å². The highest BCUT2D eigenvalue weighted by Crippen LogP contribution is 2.12. The average molecular weight is 164 g/mol. The lowest BCUT2D eigenvalue weighted by Gasteiger charge is -2.13. The van der Waals surface area contributed by atoms with E-state index in [2.05, 4.69) is 31.1 Å². The molecule has 2 unspecified atom stereocenters. The number of rotatable bonds is 5. The van der Waals surface area contributed by atoms with Gasteiger partial charge < -0.3 is 0 Å². The summed E-state index contributed by atoms with van der Waals surface area (Å²) in [6, 6.07) is 0. The maximum absolute atomic E-state index is 4.78. The van der Waals surface area contributed by atoms with Crippen LogP contribution in [0.4, 0.5) is 0 Å². The molecule has 0 N–H and O–H groups in total. The van der Waals surface area contributed by atoms with E-state index < -0.39 is 0 Å². The fraction of sp³-hybridized carbons (Fsp3) is 1.00. The summed E-state index contributed by atoms with van der Waals surface area (Å²) in [6.45, 7) is 6.33. The fourth-order valence-corrected chi connectivity index (χ4v) is 0.993. The molecule has 0 rings (SSSR count). The van der Waals surface area contributed by atoms with Crippen molar-refractivity contribution in [3.63, 3.8) is 0 Å². The van der Waals surface area contributed by atoms with Gasteiger partial charge in [0.25, 0.3) is 0 Å². The quantitative estimate of drug-likeness (QED) is 0.291. The van der Waals surface area contributed by atoms with Crippen molar-refractivity contribution in [3.8, 4) is 0 Å². The molecule has 0 aliphatic rings. The molecule has 0 fully saturated rings. The smallest absolute Gasteiger partial charge is 0.0916 e. The van der Waals surface area contributed by atoms with Crippen LogP contribution in [-0.2, 0) is 9.22 Å². The Hall–Kier alpha value is 0.270. The molecule has 62 valence electrons. The number of hydrogen-bond acceptors (Lipinski definition) is 3. The second kappa shape index (κ2) is 6.01. The van der Waals surface area contributed by atoms with Gasteiger partial charge in [-0.2, -0.15) is 4.33 Å². The molecule has 10 heavy (non-hydrogen) atoms. The third kappa shape index (κ3) is 5.09. The summed E-state index contributed by atoms with van der Waals surface area (Å²) in [5.41, 5.74) is 0. The lowest BCUT2D eigenvalue weighted by atomic mass is 10.0. The molecule has 3 heteroatoms. The standard InChI is InChI=1S/C7H16O2S/c1-4-6(2)5-7(3)8-9-10/h6-7,10H,4-5H2,1-3H3. The molecule has 0 spiro atoms. The first kappa shape index (κ1) is 10.3. The van der Waals surface area contributed by atoms with Crippen LogP contribution in [-0.4, -0.2) is 6.10 Å². The monoisotopic (exact) mass is 164 g/mol. The minimum absolute atomic E-state index is 0.146. The van der Waals surface area contributed by atoms with E-state index in [1.54, 1.807) is 0 Å². The summed E-state index contributed by atoms with van der Waals surface area (Å²) in [5.74, 6) is 0.693. The summed E-state index contributed by atoms with van der Waals surface area (Å²) in [6.07, 6.45) is 2.35. The first-order valence-corrected chi connectivity index (χ1v) is 4.04. The molecule has 0 radical (unpaired) electrons. The van der Waals surface area contributed by atoms with E-state index in [0.29, 0.717) is 5.92 Å². The van der Waals surface area contributed by atoms with Gasteiger partial charge in [0.05, 0.1) is 6.10 Å². The van der Waals surface area contributed by atoms with Crippen LogP contribution in [0, 0.1) is 5.92 Å². The molecule has 0 saturated carbocycles. The van der Waals surface area contributed by atoms with Gasteiger partial charge in [-0.05, 0) is 19.3 Å². The maximum atomic E-state index is 4.78. The maximum Gasteiger partial charge on any atom is 0.0916 e. The number of thiol groups is 1. The Bertz CT molecular complexity index is 78.0. The highest BCUT2D eigenvalue weighted by molar-refractivity contribution is 7.74. The Morgan fingerprint density at radius 2 is 2.00 bits per heavy atom. The number of hydrogen-bond donors (Lipinski definition) is 1. The van der Waals surface area contributed by atoms with E-state index in [1.165, 1.54) is 6.42 Å². The van der Waals surface area contributed by atoms with Gasteiger partial charge in [-0.3, -0.25) is 0 Å². The molecule has 2 nitrogen and oxygen atoms in total. The Morgan fingerprint density at radius 3 is 2.40 bits per heavy atom. The molecule has 0 aliphatic carbocycles. The van der Waals surface area contributed by atoms with Gasteiger partial charge >= 0.3 is 0 Å². The van der Waals surface area contributed by atoms with Crippen LogP contribution < -0.4 is 0 Å². The third-order valence-electron chi connectivity index (χ3n) is 1.64. The normalized spacial score (nSPS) is 16.8. The van der Waals surface area contributed by atoms with Gasteiger partial charge in [0.15, 0.2) is 0 Å². The summed E-state index contributed by atoms with van der Waals surface area (Å²) in [7, 11) is 0. The molecule has 0 amide bonds. The average Bonchev–Trinajstić information content (AvgIpc) is 1.88. The van der Waals surface area contributed by atoms with Crippen molar-refractivity contribution in [2.24, 2.45) is 5.92 Å². The van der Waals surface area contributed by atoms with Crippen LogP contribution in [0.5, 0.6) is 0 Å². The molecular formula is C7H16O2S. The van der Waals surface area contributed by atoms with Crippen molar-refractivity contribution in [3.05, 3.63) is 0 Å². The fourth-order valence-electron chi connectivity index (χ4n) is 0.846. The molecule has 2 atom stereocenters. The summed E-state index contributed by atoms with van der Waals surface area (Å²) >= 11 is 3.49. The van der Waals surface area contributed by atoms with Crippen molar-refractivity contribution < 1.29 is 9.22 Å². The van der Waals surface area contributed by atoms with Crippen LogP contribution in [0.15, 0.2) is 0 Å². The van der Waals surface area contributed by atoms with Crippen LogP contribution in [0.3, 0.4) is 0 Å². The highest BCUT2D eigenvalue weighted by Gasteiger charge is 2.07. The van der Waals surface area contributed by atoms with Crippen molar-refractivity contribution >= 4 is 12.9 Å². The second-order valence-corrected chi connectivity index (χ2v) is 2.88. The molecule has 0 aromatic carbocycles. The van der Waals surface area contributed by atoms with Crippen LogP contribution >= 0.6 is 12.9 Å². The first-order chi connectivity index (χ1) is 4.70. The van der Waals surface area contributed by atoms with Crippen LogP contribution in [0.1, 0.15) is 33.6 Å². The Labute approximate surface area is 68.4 Å². The topological polar surface area (TPSA) is 18.5 Å². The molecule has 0 saturated heterocycles. The predicted octanol–water partition coefficient (Wildman–Crippen LogP) is 2.60.